The van der Waals surface area contributed by atoms with Crippen LogP contribution in [0, 0.1) is 10.1 Å². The van der Waals surface area contributed by atoms with Crippen molar-refractivity contribution in [3.05, 3.63) is 62.3 Å². The van der Waals surface area contributed by atoms with Crippen LogP contribution < -0.4 is 5.32 Å². The van der Waals surface area contributed by atoms with Crippen LogP contribution >= 0.6 is 23.2 Å². The minimum absolute atomic E-state index is 0.116. The third-order valence-electron chi connectivity index (χ3n) is 2.76. The Labute approximate surface area is 125 Å². The lowest BCUT2D eigenvalue weighted by Gasteiger charge is -2.15. The molecule has 2 aromatic rings. The number of nitrogens with zero attached hydrogens (tertiary/aromatic N) is 2. The van der Waals surface area contributed by atoms with Crippen LogP contribution in [0.15, 0.2) is 36.4 Å². The predicted molar refractivity (Wildman–Crippen MR) is 79.4 cm³/mol. The lowest BCUT2D eigenvalue weighted by molar-refractivity contribution is -0.384. The molecule has 1 heterocycles. The van der Waals surface area contributed by atoms with Crippen LogP contribution in [0.2, 0.25) is 10.2 Å². The summed E-state index contributed by atoms with van der Waals surface area (Å²) in [6, 6.07) is 9.75. The summed E-state index contributed by atoms with van der Waals surface area (Å²) in [4.78, 5) is 14.4. The van der Waals surface area contributed by atoms with Crippen molar-refractivity contribution in [1.29, 1.82) is 0 Å². The van der Waals surface area contributed by atoms with Gasteiger partial charge in [0.15, 0.2) is 0 Å². The maximum atomic E-state index is 11.0. The Morgan fingerprint density at radius 3 is 2.45 bits per heavy atom. The Morgan fingerprint density at radius 1 is 1.20 bits per heavy atom. The number of aromatic nitrogens is 1. The summed E-state index contributed by atoms with van der Waals surface area (Å²) in [7, 11) is 0. The standard InChI is InChI=1S/C13H11Cl2N3O2/c1-8(9-2-4-10(14)5-3-9)16-13-11(18(19)20)6-7-12(15)17-13/h2-8H,1H3,(H,16,17). The molecule has 0 saturated carbocycles. The second kappa shape index (κ2) is 6.07. The van der Waals surface area contributed by atoms with Crippen LogP contribution in [-0.2, 0) is 0 Å². The van der Waals surface area contributed by atoms with E-state index < -0.39 is 4.92 Å². The SMILES string of the molecule is CC(Nc1nc(Cl)ccc1[N+](=O)[O-])c1ccc(Cl)cc1. The summed E-state index contributed by atoms with van der Waals surface area (Å²) in [5, 5.41) is 14.8. The summed E-state index contributed by atoms with van der Waals surface area (Å²) in [5.41, 5.74) is 0.820. The van der Waals surface area contributed by atoms with Crippen molar-refractivity contribution in [2.45, 2.75) is 13.0 Å². The predicted octanol–water partition coefficient (Wildman–Crippen LogP) is 4.47. The van der Waals surface area contributed by atoms with Gasteiger partial charge in [0.25, 0.3) is 0 Å². The number of hydrogen-bond donors (Lipinski definition) is 1. The number of hydrogen-bond acceptors (Lipinski definition) is 4. The minimum atomic E-state index is -0.500. The van der Waals surface area contributed by atoms with Gasteiger partial charge in [-0.15, -0.1) is 0 Å². The van der Waals surface area contributed by atoms with Crippen LogP contribution in [0.4, 0.5) is 11.5 Å². The Kier molecular flexibility index (Phi) is 4.42. The maximum absolute atomic E-state index is 11.0. The van der Waals surface area contributed by atoms with E-state index in [4.69, 9.17) is 23.2 Å². The maximum Gasteiger partial charge on any atom is 0.311 e. The number of pyridine rings is 1. The van der Waals surface area contributed by atoms with Gasteiger partial charge in [0.1, 0.15) is 5.15 Å². The van der Waals surface area contributed by atoms with Gasteiger partial charge in [0.05, 0.1) is 11.0 Å². The number of nitro groups is 1. The van der Waals surface area contributed by atoms with Gasteiger partial charge < -0.3 is 5.32 Å². The van der Waals surface area contributed by atoms with Crippen molar-refractivity contribution in [3.8, 4) is 0 Å². The third-order valence-corrected chi connectivity index (χ3v) is 3.22. The Morgan fingerprint density at radius 2 is 1.85 bits per heavy atom. The molecule has 7 heteroatoms. The third kappa shape index (κ3) is 3.37. The highest BCUT2D eigenvalue weighted by molar-refractivity contribution is 6.30. The van der Waals surface area contributed by atoms with Gasteiger partial charge in [-0.05, 0) is 30.7 Å². The van der Waals surface area contributed by atoms with Gasteiger partial charge in [-0.2, -0.15) is 0 Å². The number of nitrogens with one attached hydrogen (secondary N) is 1. The Bertz CT molecular complexity index is 632. The first kappa shape index (κ1) is 14.6. The fourth-order valence-corrected chi connectivity index (χ4v) is 1.99. The van der Waals surface area contributed by atoms with Crippen LogP contribution in [-0.4, -0.2) is 9.91 Å². The molecule has 1 aromatic carbocycles. The van der Waals surface area contributed by atoms with E-state index in [1.165, 1.54) is 12.1 Å². The van der Waals surface area contributed by atoms with E-state index >= 15 is 0 Å². The van der Waals surface area contributed by atoms with Gasteiger partial charge in [-0.25, -0.2) is 4.98 Å². The molecule has 0 fully saturated rings. The van der Waals surface area contributed by atoms with Crippen LogP contribution in [0.5, 0.6) is 0 Å². The van der Waals surface area contributed by atoms with Crippen LogP contribution in [0.25, 0.3) is 0 Å². The molecule has 0 aliphatic rings. The first-order valence-corrected chi connectivity index (χ1v) is 6.56. The summed E-state index contributed by atoms with van der Waals surface area (Å²) >= 11 is 11.6. The van der Waals surface area contributed by atoms with E-state index in [2.05, 4.69) is 10.3 Å². The van der Waals surface area contributed by atoms with Crippen molar-refractivity contribution in [2.24, 2.45) is 0 Å². The normalized spacial score (nSPS) is 11.9. The van der Waals surface area contributed by atoms with Crippen molar-refractivity contribution >= 4 is 34.7 Å². The zero-order valence-electron chi connectivity index (χ0n) is 10.5. The first-order chi connectivity index (χ1) is 9.47. The zero-order chi connectivity index (χ0) is 14.7. The molecule has 1 atom stereocenters. The van der Waals surface area contributed by atoms with Crippen molar-refractivity contribution < 1.29 is 4.92 Å². The van der Waals surface area contributed by atoms with E-state index in [1.54, 1.807) is 12.1 Å². The molecule has 0 spiro atoms. The highest BCUT2D eigenvalue weighted by Crippen LogP contribution is 2.28. The second-order valence-electron chi connectivity index (χ2n) is 4.18. The molecule has 5 nitrogen and oxygen atoms in total. The molecular weight excluding hydrogens is 301 g/mol. The smallest absolute Gasteiger partial charge is 0.311 e. The quantitative estimate of drug-likeness (QED) is 0.514. The number of rotatable bonds is 4. The Hall–Kier alpha value is -1.85. The van der Waals surface area contributed by atoms with E-state index in [-0.39, 0.29) is 22.7 Å². The average molecular weight is 312 g/mol. The minimum Gasteiger partial charge on any atom is -0.358 e. The number of benzene rings is 1. The molecule has 1 N–H and O–H groups in total. The van der Waals surface area contributed by atoms with E-state index in [0.29, 0.717) is 5.02 Å². The summed E-state index contributed by atoms with van der Waals surface area (Å²) in [6.07, 6.45) is 0. The van der Waals surface area contributed by atoms with E-state index in [0.717, 1.165) is 5.56 Å². The van der Waals surface area contributed by atoms with Crippen molar-refractivity contribution in [1.82, 2.24) is 4.98 Å². The monoisotopic (exact) mass is 311 g/mol. The second-order valence-corrected chi connectivity index (χ2v) is 5.00. The van der Waals surface area contributed by atoms with Crippen molar-refractivity contribution in [3.63, 3.8) is 0 Å². The fraction of sp³-hybridized carbons (Fsp3) is 0.154. The lowest BCUT2D eigenvalue weighted by atomic mass is 10.1. The Balaban J connectivity index is 2.27. The molecule has 0 saturated heterocycles. The topological polar surface area (TPSA) is 68.1 Å². The van der Waals surface area contributed by atoms with Crippen LogP contribution in [0.1, 0.15) is 18.5 Å². The molecule has 0 aliphatic heterocycles. The average Bonchev–Trinajstić information content (AvgIpc) is 2.39. The fourth-order valence-electron chi connectivity index (χ4n) is 1.72. The highest BCUT2D eigenvalue weighted by atomic mass is 35.5. The van der Waals surface area contributed by atoms with Gasteiger partial charge in [0, 0.05) is 11.1 Å². The molecule has 20 heavy (non-hydrogen) atoms. The molecule has 1 unspecified atom stereocenters. The largest absolute Gasteiger partial charge is 0.358 e. The van der Waals surface area contributed by atoms with E-state index in [1.807, 2.05) is 19.1 Å². The highest BCUT2D eigenvalue weighted by Gasteiger charge is 2.18. The van der Waals surface area contributed by atoms with Crippen molar-refractivity contribution in [2.75, 3.05) is 5.32 Å². The first-order valence-electron chi connectivity index (χ1n) is 5.80. The summed E-state index contributed by atoms with van der Waals surface area (Å²) in [6.45, 7) is 1.87. The number of halogens is 2. The molecule has 0 amide bonds. The molecule has 1 aromatic heterocycles. The molecular formula is C13H11Cl2N3O2. The number of anilines is 1. The molecule has 0 bridgehead atoms. The van der Waals surface area contributed by atoms with Gasteiger partial charge >= 0.3 is 5.69 Å². The van der Waals surface area contributed by atoms with Gasteiger partial charge in [-0.3, -0.25) is 10.1 Å². The summed E-state index contributed by atoms with van der Waals surface area (Å²) in [5.74, 6) is 0.143. The molecule has 0 radical (unpaired) electrons. The molecule has 0 aliphatic carbocycles. The lowest BCUT2D eigenvalue weighted by Crippen LogP contribution is -2.09. The van der Waals surface area contributed by atoms with Crippen LogP contribution in [0.3, 0.4) is 0 Å². The van der Waals surface area contributed by atoms with E-state index in [9.17, 15) is 10.1 Å². The molecule has 104 valence electrons. The summed E-state index contributed by atoms with van der Waals surface area (Å²) < 4.78 is 0. The van der Waals surface area contributed by atoms with Gasteiger partial charge in [0.2, 0.25) is 5.82 Å². The van der Waals surface area contributed by atoms with Gasteiger partial charge in [-0.1, -0.05) is 35.3 Å². The zero-order valence-corrected chi connectivity index (χ0v) is 12.0. The molecule has 2 rings (SSSR count).